The van der Waals surface area contributed by atoms with E-state index in [0.29, 0.717) is 12.1 Å². The molecule has 0 bridgehead atoms. The fourth-order valence-corrected chi connectivity index (χ4v) is 2.33. The number of nitrogens with zero attached hydrogens (tertiary/aromatic N) is 1. The van der Waals surface area contributed by atoms with Gasteiger partial charge in [-0.15, -0.1) is 0 Å². The Bertz CT molecular complexity index is 204. The molecule has 1 heterocycles. The summed E-state index contributed by atoms with van der Waals surface area (Å²) >= 11 is 0. The van der Waals surface area contributed by atoms with E-state index < -0.39 is 5.60 Å². The minimum Gasteiger partial charge on any atom is -0.389 e. The maximum Gasteiger partial charge on any atom is 0.0769 e. The van der Waals surface area contributed by atoms with Gasteiger partial charge in [0.05, 0.1) is 18.3 Å². The Labute approximate surface area is 99.8 Å². The number of rotatable bonds is 5. The van der Waals surface area contributed by atoms with Crippen molar-refractivity contribution in [1.82, 2.24) is 4.90 Å². The third-order valence-electron chi connectivity index (χ3n) is 3.87. The second kappa shape index (κ2) is 5.99. The normalized spacial score (nSPS) is 28.3. The zero-order chi connectivity index (χ0) is 12.2. The first-order valence-electron chi connectivity index (χ1n) is 6.62. The minimum absolute atomic E-state index is 0.292. The van der Waals surface area contributed by atoms with Crippen LogP contribution in [0.2, 0.25) is 0 Å². The molecular formula is C13H27NO2. The van der Waals surface area contributed by atoms with E-state index in [2.05, 4.69) is 32.6 Å². The van der Waals surface area contributed by atoms with Crippen LogP contribution in [0.25, 0.3) is 0 Å². The van der Waals surface area contributed by atoms with Crippen molar-refractivity contribution in [3.05, 3.63) is 0 Å². The molecule has 3 nitrogen and oxygen atoms in total. The Morgan fingerprint density at radius 2 is 1.94 bits per heavy atom. The third-order valence-corrected chi connectivity index (χ3v) is 3.87. The quantitative estimate of drug-likeness (QED) is 0.783. The lowest BCUT2D eigenvalue weighted by Crippen LogP contribution is -2.54. The molecule has 1 saturated heterocycles. The fourth-order valence-electron chi connectivity index (χ4n) is 2.33. The highest BCUT2D eigenvalue weighted by molar-refractivity contribution is 4.86. The summed E-state index contributed by atoms with van der Waals surface area (Å²) in [6, 6.07) is 0.473. The Kier molecular flexibility index (Phi) is 5.22. The average molecular weight is 229 g/mol. The number of β-amino-alcohol motifs (C(OH)–C–C–N with tert-alkyl or cyclic N) is 1. The van der Waals surface area contributed by atoms with Crippen molar-refractivity contribution < 1.29 is 9.84 Å². The van der Waals surface area contributed by atoms with E-state index >= 15 is 0 Å². The van der Waals surface area contributed by atoms with Gasteiger partial charge in [0.1, 0.15) is 0 Å². The number of aliphatic hydroxyl groups is 1. The van der Waals surface area contributed by atoms with Gasteiger partial charge in [-0.1, -0.05) is 20.8 Å². The Hall–Kier alpha value is -0.120. The van der Waals surface area contributed by atoms with Crippen LogP contribution in [0.15, 0.2) is 0 Å². The van der Waals surface area contributed by atoms with Crippen molar-refractivity contribution in [2.75, 3.05) is 19.7 Å². The molecule has 16 heavy (non-hydrogen) atoms. The highest BCUT2D eigenvalue weighted by Gasteiger charge is 2.32. The predicted octanol–water partition coefficient (Wildman–Crippen LogP) is 2.04. The van der Waals surface area contributed by atoms with Crippen molar-refractivity contribution in [3.8, 4) is 0 Å². The lowest BCUT2D eigenvalue weighted by atomic mass is 9.95. The van der Waals surface area contributed by atoms with Crippen molar-refractivity contribution in [1.29, 1.82) is 0 Å². The maximum absolute atomic E-state index is 10.4. The molecule has 1 fully saturated rings. The van der Waals surface area contributed by atoms with Gasteiger partial charge in [-0.05, 0) is 26.2 Å². The van der Waals surface area contributed by atoms with E-state index in [1.807, 2.05) is 0 Å². The molecule has 0 amide bonds. The van der Waals surface area contributed by atoms with E-state index in [9.17, 15) is 5.11 Å². The Morgan fingerprint density at radius 1 is 1.31 bits per heavy atom. The third kappa shape index (κ3) is 3.44. The van der Waals surface area contributed by atoms with Crippen molar-refractivity contribution in [2.24, 2.45) is 0 Å². The lowest BCUT2D eigenvalue weighted by Gasteiger charge is -2.42. The molecule has 1 rings (SSSR count). The Balaban J connectivity index is 2.61. The van der Waals surface area contributed by atoms with Gasteiger partial charge in [-0.3, -0.25) is 4.90 Å². The molecule has 3 heteroatoms. The molecular weight excluding hydrogens is 202 g/mol. The predicted molar refractivity (Wildman–Crippen MR) is 66.6 cm³/mol. The van der Waals surface area contributed by atoms with Crippen LogP contribution in [0, 0.1) is 0 Å². The second-order valence-electron chi connectivity index (χ2n) is 5.07. The van der Waals surface area contributed by atoms with Crippen molar-refractivity contribution >= 4 is 0 Å². The number of morpholine rings is 1. The first-order chi connectivity index (χ1) is 7.54. The van der Waals surface area contributed by atoms with Gasteiger partial charge in [-0.25, -0.2) is 0 Å². The highest BCUT2D eigenvalue weighted by atomic mass is 16.5. The number of hydrogen-bond acceptors (Lipinski definition) is 3. The average Bonchev–Trinajstić information content (AvgIpc) is 2.29. The summed E-state index contributed by atoms with van der Waals surface area (Å²) in [6.45, 7) is 11.0. The van der Waals surface area contributed by atoms with Gasteiger partial charge >= 0.3 is 0 Å². The zero-order valence-corrected chi connectivity index (χ0v) is 11.2. The van der Waals surface area contributed by atoms with E-state index in [1.54, 1.807) is 0 Å². The van der Waals surface area contributed by atoms with Crippen LogP contribution in [-0.2, 0) is 4.74 Å². The van der Waals surface area contributed by atoms with Gasteiger partial charge in [0, 0.05) is 19.1 Å². The molecule has 1 aliphatic rings. The summed E-state index contributed by atoms with van der Waals surface area (Å²) < 4.78 is 5.67. The molecule has 0 saturated carbocycles. The largest absolute Gasteiger partial charge is 0.389 e. The van der Waals surface area contributed by atoms with Crippen LogP contribution in [0.5, 0.6) is 0 Å². The molecule has 1 aliphatic heterocycles. The van der Waals surface area contributed by atoms with Crippen molar-refractivity contribution in [2.45, 2.75) is 64.7 Å². The molecule has 0 aromatic carbocycles. The minimum atomic E-state index is -0.523. The molecule has 0 aliphatic carbocycles. The lowest BCUT2D eigenvalue weighted by molar-refractivity contribution is -0.0905. The van der Waals surface area contributed by atoms with Gasteiger partial charge in [0.2, 0.25) is 0 Å². The summed E-state index contributed by atoms with van der Waals surface area (Å²) in [7, 11) is 0. The summed E-state index contributed by atoms with van der Waals surface area (Å²) in [5.74, 6) is 0. The summed E-state index contributed by atoms with van der Waals surface area (Å²) in [6.07, 6.45) is 3.04. The van der Waals surface area contributed by atoms with Gasteiger partial charge < -0.3 is 9.84 Å². The van der Waals surface area contributed by atoms with Crippen molar-refractivity contribution in [3.63, 3.8) is 0 Å². The van der Waals surface area contributed by atoms with Gasteiger partial charge in [-0.2, -0.15) is 0 Å². The van der Waals surface area contributed by atoms with Crippen LogP contribution in [0.4, 0.5) is 0 Å². The molecule has 0 radical (unpaired) electrons. The SMILES string of the molecule is CCC1COC(C)CN1CC(O)(CC)CC. The topological polar surface area (TPSA) is 32.7 Å². The first-order valence-corrected chi connectivity index (χ1v) is 6.62. The molecule has 2 atom stereocenters. The van der Waals surface area contributed by atoms with Crippen LogP contribution in [0.3, 0.4) is 0 Å². The fraction of sp³-hybridized carbons (Fsp3) is 1.00. The summed E-state index contributed by atoms with van der Waals surface area (Å²) in [5, 5.41) is 10.4. The van der Waals surface area contributed by atoms with Crippen LogP contribution in [-0.4, -0.2) is 47.4 Å². The number of ether oxygens (including phenoxy) is 1. The summed E-state index contributed by atoms with van der Waals surface area (Å²) in [5.41, 5.74) is -0.523. The standard InChI is InChI=1S/C13H27NO2/c1-5-12-9-16-11(4)8-14(12)10-13(15,6-2)7-3/h11-12,15H,5-10H2,1-4H3. The van der Waals surface area contributed by atoms with E-state index in [0.717, 1.165) is 39.0 Å². The summed E-state index contributed by atoms with van der Waals surface area (Å²) in [4.78, 5) is 2.40. The molecule has 0 aromatic rings. The first kappa shape index (κ1) is 13.9. The second-order valence-corrected chi connectivity index (χ2v) is 5.07. The molecule has 96 valence electrons. The van der Waals surface area contributed by atoms with E-state index in [1.165, 1.54) is 0 Å². The molecule has 0 aromatic heterocycles. The van der Waals surface area contributed by atoms with Gasteiger partial charge in [0.25, 0.3) is 0 Å². The van der Waals surface area contributed by atoms with E-state index in [4.69, 9.17) is 4.74 Å². The monoisotopic (exact) mass is 229 g/mol. The maximum atomic E-state index is 10.4. The zero-order valence-electron chi connectivity index (χ0n) is 11.2. The van der Waals surface area contributed by atoms with Crippen LogP contribution >= 0.6 is 0 Å². The van der Waals surface area contributed by atoms with E-state index in [-0.39, 0.29) is 0 Å². The van der Waals surface area contributed by atoms with Crippen LogP contribution in [0.1, 0.15) is 47.0 Å². The van der Waals surface area contributed by atoms with Crippen LogP contribution < -0.4 is 0 Å². The molecule has 1 N–H and O–H groups in total. The molecule has 2 unspecified atom stereocenters. The number of hydrogen-bond donors (Lipinski definition) is 1. The Morgan fingerprint density at radius 3 is 2.44 bits per heavy atom. The van der Waals surface area contributed by atoms with Gasteiger partial charge in [0.15, 0.2) is 0 Å². The highest BCUT2D eigenvalue weighted by Crippen LogP contribution is 2.22. The molecule has 0 spiro atoms. The smallest absolute Gasteiger partial charge is 0.0769 e.